The van der Waals surface area contributed by atoms with Gasteiger partial charge in [0.25, 0.3) is 0 Å². The van der Waals surface area contributed by atoms with E-state index >= 15 is 0 Å². The van der Waals surface area contributed by atoms with Crippen molar-refractivity contribution in [1.82, 2.24) is 10.2 Å². The van der Waals surface area contributed by atoms with Gasteiger partial charge < -0.3 is 24.4 Å². The number of benzene rings is 3. The van der Waals surface area contributed by atoms with Crippen LogP contribution < -0.4 is 19.7 Å². The third-order valence-corrected chi connectivity index (χ3v) is 6.70. The Hall–Kier alpha value is -3.88. The van der Waals surface area contributed by atoms with Crippen molar-refractivity contribution < 1.29 is 23.8 Å². The minimum atomic E-state index is -0.598. The van der Waals surface area contributed by atoms with Gasteiger partial charge in [0.2, 0.25) is 11.8 Å². The van der Waals surface area contributed by atoms with Gasteiger partial charge in [0, 0.05) is 37.8 Å². The first kappa shape index (κ1) is 28.1. The van der Waals surface area contributed by atoms with Gasteiger partial charge >= 0.3 is 0 Å². The van der Waals surface area contributed by atoms with E-state index in [-0.39, 0.29) is 18.4 Å². The number of ether oxygens (including phenoxy) is 3. The van der Waals surface area contributed by atoms with Crippen molar-refractivity contribution in [1.29, 1.82) is 0 Å². The Morgan fingerprint density at radius 1 is 1.00 bits per heavy atom. The number of carbonyl (C=O) groups is 2. The fourth-order valence-corrected chi connectivity index (χ4v) is 4.55. The van der Waals surface area contributed by atoms with E-state index in [1.807, 2.05) is 66.7 Å². The Morgan fingerprint density at radius 2 is 1.74 bits per heavy atom. The van der Waals surface area contributed by atoms with Crippen LogP contribution >= 0.6 is 0 Å². The quantitative estimate of drug-likeness (QED) is 0.339. The number of likely N-dealkylation sites (N-methyl/N-ethyl adjacent to an activating group) is 1. The summed E-state index contributed by atoms with van der Waals surface area (Å²) in [5, 5.41) is 3.08. The first-order valence-corrected chi connectivity index (χ1v) is 13.3. The zero-order chi connectivity index (χ0) is 27.5. The highest BCUT2D eigenvalue weighted by Crippen LogP contribution is 2.24. The molecule has 0 aromatic heterocycles. The normalized spacial score (nSPS) is 15.2. The molecule has 0 spiro atoms. The van der Waals surface area contributed by atoms with Crippen LogP contribution in [0.5, 0.6) is 11.5 Å². The lowest BCUT2D eigenvalue weighted by Gasteiger charge is -2.37. The number of nitrogens with zero attached hydrogens (tertiary/aromatic N) is 2. The van der Waals surface area contributed by atoms with Crippen LogP contribution in [-0.2, 0) is 27.4 Å². The van der Waals surface area contributed by atoms with Gasteiger partial charge in [-0.15, -0.1) is 0 Å². The van der Waals surface area contributed by atoms with Crippen LogP contribution in [0, 0.1) is 0 Å². The molecule has 1 N–H and O–H groups in total. The molecule has 0 radical (unpaired) electrons. The molecule has 2 amide bonds. The van der Waals surface area contributed by atoms with E-state index in [4.69, 9.17) is 14.2 Å². The van der Waals surface area contributed by atoms with Gasteiger partial charge in [-0.3, -0.25) is 14.5 Å². The average molecular weight is 532 g/mol. The predicted octanol–water partition coefficient (Wildman–Crippen LogP) is 3.69. The lowest BCUT2D eigenvalue weighted by Crippen LogP contribution is -2.61. The van der Waals surface area contributed by atoms with Crippen LogP contribution in [0.25, 0.3) is 0 Å². The van der Waals surface area contributed by atoms with Gasteiger partial charge in [-0.1, -0.05) is 48.5 Å². The molecule has 206 valence electrons. The molecule has 3 aromatic rings. The molecule has 3 aromatic carbocycles. The highest BCUT2D eigenvalue weighted by Gasteiger charge is 2.35. The Labute approximate surface area is 230 Å². The third-order valence-electron chi connectivity index (χ3n) is 6.70. The standard InChI is InChI=1S/C31H37N3O5/c1-33(18-17-24-9-4-3-5-10-24)31(36)28-21-32-22-30(35)34(28)26-13-15-27(16-14-26)39-20-8-19-38-23-25-11-6-7-12-29(25)37-2/h3-7,9-16,28,32H,8,17-23H2,1-2H3/t28-/m1/s1. The maximum Gasteiger partial charge on any atom is 0.246 e. The summed E-state index contributed by atoms with van der Waals surface area (Å²) in [5.41, 5.74) is 2.87. The van der Waals surface area contributed by atoms with Crippen molar-refractivity contribution >= 4 is 17.5 Å². The second-order valence-electron chi connectivity index (χ2n) is 9.47. The largest absolute Gasteiger partial charge is 0.496 e. The number of para-hydroxylation sites is 1. The highest BCUT2D eigenvalue weighted by molar-refractivity contribution is 6.02. The second kappa shape index (κ2) is 14.3. The maximum atomic E-state index is 13.3. The van der Waals surface area contributed by atoms with Crippen LogP contribution in [0.4, 0.5) is 5.69 Å². The summed E-state index contributed by atoms with van der Waals surface area (Å²) in [7, 11) is 3.44. The number of hydrogen-bond acceptors (Lipinski definition) is 6. The fourth-order valence-electron chi connectivity index (χ4n) is 4.55. The Bertz CT molecular complexity index is 1200. The molecule has 4 rings (SSSR count). The van der Waals surface area contributed by atoms with E-state index < -0.39 is 6.04 Å². The Morgan fingerprint density at radius 3 is 2.51 bits per heavy atom. The molecule has 1 fully saturated rings. The summed E-state index contributed by atoms with van der Waals surface area (Å²) in [5.74, 6) is 1.31. The van der Waals surface area contributed by atoms with E-state index in [0.717, 1.165) is 24.2 Å². The zero-order valence-corrected chi connectivity index (χ0v) is 22.7. The monoisotopic (exact) mass is 531 g/mol. The van der Waals surface area contributed by atoms with E-state index in [0.29, 0.717) is 44.3 Å². The minimum absolute atomic E-state index is 0.0834. The fraction of sp³-hybridized carbons (Fsp3) is 0.355. The number of rotatable bonds is 13. The summed E-state index contributed by atoms with van der Waals surface area (Å²) in [6.45, 7) is 2.74. The topological polar surface area (TPSA) is 80.3 Å². The van der Waals surface area contributed by atoms with Crippen LogP contribution in [0.15, 0.2) is 78.9 Å². The average Bonchev–Trinajstić information content (AvgIpc) is 2.98. The molecule has 8 heteroatoms. The van der Waals surface area contributed by atoms with Crippen LogP contribution in [0.3, 0.4) is 0 Å². The number of methoxy groups -OCH3 is 1. The van der Waals surface area contributed by atoms with Crippen molar-refractivity contribution in [2.45, 2.75) is 25.5 Å². The number of carbonyl (C=O) groups excluding carboxylic acids is 2. The van der Waals surface area contributed by atoms with Crippen LogP contribution in [-0.4, -0.2) is 69.8 Å². The van der Waals surface area contributed by atoms with Gasteiger partial charge in [0.1, 0.15) is 17.5 Å². The second-order valence-corrected chi connectivity index (χ2v) is 9.47. The molecule has 8 nitrogen and oxygen atoms in total. The first-order valence-electron chi connectivity index (χ1n) is 13.3. The lowest BCUT2D eigenvalue weighted by molar-refractivity contribution is -0.134. The van der Waals surface area contributed by atoms with Gasteiger partial charge in [-0.2, -0.15) is 0 Å². The summed E-state index contributed by atoms with van der Waals surface area (Å²) in [6, 6.07) is 24.6. The number of piperazine rings is 1. The Kier molecular flexibility index (Phi) is 10.3. The van der Waals surface area contributed by atoms with Gasteiger partial charge in [0.15, 0.2) is 0 Å². The number of hydrogen-bond donors (Lipinski definition) is 1. The number of nitrogens with one attached hydrogen (secondary N) is 1. The summed E-state index contributed by atoms with van der Waals surface area (Å²) in [4.78, 5) is 29.5. The third kappa shape index (κ3) is 7.81. The zero-order valence-electron chi connectivity index (χ0n) is 22.7. The SMILES string of the molecule is COc1ccccc1COCCCOc1ccc(N2C(=O)CNC[C@@H]2C(=O)N(C)CCc2ccccc2)cc1. The lowest BCUT2D eigenvalue weighted by atomic mass is 10.1. The molecule has 1 aliphatic rings. The molecule has 1 heterocycles. The van der Waals surface area contributed by atoms with Crippen molar-refractivity contribution in [3.63, 3.8) is 0 Å². The van der Waals surface area contributed by atoms with Crippen molar-refractivity contribution in [3.05, 3.63) is 90.0 Å². The van der Waals surface area contributed by atoms with Gasteiger partial charge in [0.05, 0.1) is 33.5 Å². The van der Waals surface area contributed by atoms with E-state index in [1.165, 1.54) is 5.56 Å². The van der Waals surface area contributed by atoms with Crippen molar-refractivity contribution in [2.24, 2.45) is 0 Å². The Balaban J connectivity index is 1.26. The minimum Gasteiger partial charge on any atom is -0.496 e. The first-order chi connectivity index (χ1) is 19.1. The van der Waals surface area contributed by atoms with Gasteiger partial charge in [-0.05, 0) is 42.3 Å². The number of amides is 2. The maximum absolute atomic E-state index is 13.3. The van der Waals surface area contributed by atoms with E-state index in [2.05, 4.69) is 17.4 Å². The molecule has 1 aliphatic heterocycles. The van der Waals surface area contributed by atoms with Crippen molar-refractivity contribution in [3.8, 4) is 11.5 Å². The smallest absolute Gasteiger partial charge is 0.246 e. The van der Waals surface area contributed by atoms with Gasteiger partial charge in [-0.25, -0.2) is 0 Å². The molecular weight excluding hydrogens is 494 g/mol. The summed E-state index contributed by atoms with van der Waals surface area (Å²) < 4.78 is 17.0. The van der Waals surface area contributed by atoms with Crippen LogP contribution in [0.1, 0.15) is 17.5 Å². The molecule has 39 heavy (non-hydrogen) atoms. The number of anilines is 1. The molecule has 0 bridgehead atoms. The molecule has 1 saturated heterocycles. The summed E-state index contributed by atoms with van der Waals surface area (Å²) in [6.07, 6.45) is 1.49. The van der Waals surface area contributed by atoms with E-state index in [1.54, 1.807) is 24.0 Å². The summed E-state index contributed by atoms with van der Waals surface area (Å²) >= 11 is 0. The molecule has 1 atom stereocenters. The van der Waals surface area contributed by atoms with E-state index in [9.17, 15) is 9.59 Å². The molecule has 0 unspecified atom stereocenters. The van der Waals surface area contributed by atoms with Crippen LogP contribution in [0.2, 0.25) is 0 Å². The molecular formula is C31H37N3O5. The van der Waals surface area contributed by atoms with Crippen molar-refractivity contribution in [2.75, 3.05) is 51.9 Å². The predicted molar refractivity (Wildman–Crippen MR) is 151 cm³/mol. The molecule has 0 saturated carbocycles. The highest BCUT2D eigenvalue weighted by atomic mass is 16.5. The molecule has 0 aliphatic carbocycles.